The van der Waals surface area contributed by atoms with Crippen LogP contribution in [0.2, 0.25) is 0 Å². The predicted octanol–water partition coefficient (Wildman–Crippen LogP) is 3.53. The van der Waals surface area contributed by atoms with Crippen molar-refractivity contribution in [1.29, 1.82) is 0 Å². The van der Waals surface area contributed by atoms with E-state index in [2.05, 4.69) is 5.32 Å². The van der Waals surface area contributed by atoms with Crippen LogP contribution in [-0.4, -0.2) is 29.9 Å². The average molecular weight is 380 g/mol. The Balaban J connectivity index is 1.70. The fourth-order valence-corrected chi connectivity index (χ4v) is 3.40. The van der Waals surface area contributed by atoms with Gasteiger partial charge >= 0.3 is 0 Å². The molecule has 5 nitrogen and oxygen atoms in total. The van der Waals surface area contributed by atoms with Crippen molar-refractivity contribution < 1.29 is 14.3 Å². The molecule has 2 aromatic carbocycles. The van der Waals surface area contributed by atoms with Gasteiger partial charge in [0.1, 0.15) is 11.2 Å². The molecule has 1 saturated carbocycles. The van der Waals surface area contributed by atoms with E-state index in [9.17, 15) is 9.59 Å². The summed E-state index contributed by atoms with van der Waals surface area (Å²) in [6, 6.07) is 17.5. The maximum Gasteiger partial charge on any atom is 0.238 e. The van der Waals surface area contributed by atoms with Gasteiger partial charge in [-0.3, -0.25) is 9.59 Å². The van der Waals surface area contributed by atoms with Gasteiger partial charge in [0.25, 0.3) is 0 Å². The number of hydrogen-bond acceptors (Lipinski definition) is 3. The molecule has 2 amide bonds. The molecule has 1 aliphatic carbocycles. The standard InChI is InChI=1S/C23H28N2O3/c1-17(2)25(16-18-9-5-4-6-10-18)22(27)23(13-14-23)21(26)24-15-19-11-7-8-12-20(19)28-3/h4-12,17H,13-16H2,1-3H3,(H,24,26). The topological polar surface area (TPSA) is 58.6 Å². The number of rotatable bonds is 8. The highest BCUT2D eigenvalue weighted by molar-refractivity contribution is 6.07. The molecule has 148 valence electrons. The Labute approximate surface area is 166 Å². The van der Waals surface area contributed by atoms with Gasteiger partial charge < -0.3 is 15.0 Å². The molecule has 3 rings (SSSR count). The van der Waals surface area contributed by atoms with Crippen molar-refractivity contribution >= 4 is 11.8 Å². The van der Waals surface area contributed by atoms with Crippen LogP contribution in [0.1, 0.15) is 37.8 Å². The minimum atomic E-state index is -0.929. The molecular weight excluding hydrogens is 352 g/mol. The lowest BCUT2D eigenvalue weighted by Crippen LogP contribution is -2.47. The SMILES string of the molecule is COc1ccccc1CNC(=O)C1(C(=O)N(Cc2ccccc2)C(C)C)CC1. The first-order valence-electron chi connectivity index (χ1n) is 9.73. The van der Waals surface area contributed by atoms with Crippen LogP contribution in [-0.2, 0) is 22.7 Å². The highest BCUT2D eigenvalue weighted by Gasteiger charge is 2.58. The van der Waals surface area contributed by atoms with E-state index in [0.29, 0.717) is 25.9 Å². The van der Waals surface area contributed by atoms with E-state index >= 15 is 0 Å². The maximum atomic E-state index is 13.3. The van der Waals surface area contributed by atoms with Crippen LogP contribution >= 0.6 is 0 Å². The third-order valence-electron chi connectivity index (χ3n) is 5.31. The molecule has 1 N–H and O–H groups in total. The number of methoxy groups -OCH3 is 1. The highest BCUT2D eigenvalue weighted by Crippen LogP contribution is 2.48. The van der Waals surface area contributed by atoms with Crippen LogP contribution in [0.5, 0.6) is 5.75 Å². The van der Waals surface area contributed by atoms with Crippen molar-refractivity contribution in [3.05, 3.63) is 65.7 Å². The molecule has 2 aromatic rings. The third-order valence-corrected chi connectivity index (χ3v) is 5.31. The van der Waals surface area contributed by atoms with Gasteiger partial charge in [0.15, 0.2) is 0 Å². The smallest absolute Gasteiger partial charge is 0.238 e. The number of amides is 2. The van der Waals surface area contributed by atoms with Crippen LogP contribution in [0.15, 0.2) is 54.6 Å². The highest BCUT2D eigenvalue weighted by atomic mass is 16.5. The first-order chi connectivity index (χ1) is 13.5. The number of ether oxygens (including phenoxy) is 1. The van der Waals surface area contributed by atoms with Gasteiger partial charge in [-0.1, -0.05) is 48.5 Å². The van der Waals surface area contributed by atoms with E-state index in [1.807, 2.05) is 73.3 Å². The van der Waals surface area contributed by atoms with Crippen molar-refractivity contribution in [3.63, 3.8) is 0 Å². The lowest BCUT2D eigenvalue weighted by atomic mass is 10.0. The Hall–Kier alpha value is -2.82. The van der Waals surface area contributed by atoms with E-state index < -0.39 is 5.41 Å². The molecule has 0 spiro atoms. The summed E-state index contributed by atoms with van der Waals surface area (Å²) in [5.74, 6) is 0.456. The molecule has 0 bridgehead atoms. The summed E-state index contributed by atoms with van der Waals surface area (Å²) in [5.41, 5.74) is 1.03. The van der Waals surface area contributed by atoms with Crippen LogP contribution in [0.4, 0.5) is 0 Å². The fourth-order valence-electron chi connectivity index (χ4n) is 3.40. The summed E-state index contributed by atoms with van der Waals surface area (Å²) in [5, 5.41) is 2.95. The molecule has 1 fully saturated rings. The maximum absolute atomic E-state index is 13.3. The molecule has 0 atom stereocenters. The minimum Gasteiger partial charge on any atom is -0.496 e. The summed E-state index contributed by atoms with van der Waals surface area (Å²) >= 11 is 0. The molecule has 0 radical (unpaired) electrons. The Morgan fingerprint density at radius 1 is 1.07 bits per heavy atom. The van der Waals surface area contributed by atoms with Gasteiger partial charge in [-0.2, -0.15) is 0 Å². The first-order valence-corrected chi connectivity index (χ1v) is 9.73. The lowest BCUT2D eigenvalue weighted by Gasteiger charge is -2.30. The molecular formula is C23H28N2O3. The van der Waals surface area contributed by atoms with Crippen molar-refractivity contribution in [2.24, 2.45) is 5.41 Å². The summed E-state index contributed by atoms with van der Waals surface area (Å²) in [6.07, 6.45) is 1.20. The second-order valence-electron chi connectivity index (χ2n) is 7.59. The zero-order valence-corrected chi connectivity index (χ0v) is 16.8. The number of hydrogen-bond donors (Lipinski definition) is 1. The Morgan fingerprint density at radius 2 is 1.71 bits per heavy atom. The number of benzene rings is 2. The number of carbonyl (C=O) groups is 2. The van der Waals surface area contributed by atoms with Crippen molar-refractivity contribution in [3.8, 4) is 5.75 Å². The lowest BCUT2D eigenvalue weighted by molar-refractivity contribution is -0.146. The summed E-state index contributed by atoms with van der Waals surface area (Å²) < 4.78 is 5.34. The second-order valence-corrected chi connectivity index (χ2v) is 7.59. The summed E-state index contributed by atoms with van der Waals surface area (Å²) in [6.45, 7) is 4.84. The van der Waals surface area contributed by atoms with Gasteiger partial charge in [-0.15, -0.1) is 0 Å². The third kappa shape index (κ3) is 4.19. The number of nitrogens with one attached hydrogen (secondary N) is 1. The number of para-hydroxylation sites is 1. The predicted molar refractivity (Wildman–Crippen MR) is 109 cm³/mol. The molecule has 0 saturated heterocycles. The van der Waals surface area contributed by atoms with Crippen LogP contribution in [0, 0.1) is 5.41 Å². The van der Waals surface area contributed by atoms with E-state index in [0.717, 1.165) is 16.9 Å². The summed E-state index contributed by atoms with van der Waals surface area (Å²) in [7, 11) is 1.61. The second kappa shape index (κ2) is 8.46. The number of nitrogens with zero attached hydrogens (tertiary/aromatic N) is 1. The van der Waals surface area contributed by atoms with Gasteiger partial charge in [0, 0.05) is 24.7 Å². The monoisotopic (exact) mass is 380 g/mol. The van der Waals surface area contributed by atoms with Crippen molar-refractivity contribution in [1.82, 2.24) is 10.2 Å². The largest absolute Gasteiger partial charge is 0.496 e. The first kappa shape index (κ1) is 19.9. The minimum absolute atomic E-state index is 0.0206. The zero-order chi connectivity index (χ0) is 20.1. The van der Waals surface area contributed by atoms with Gasteiger partial charge in [0.2, 0.25) is 11.8 Å². The quantitative estimate of drug-likeness (QED) is 0.713. The molecule has 0 unspecified atom stereocenters. The molecule has 0 aromatic heterocycles. The van der Waals surface area contributed by atoms with Crippen LogP contribution in [0.3, 0.4) is 0 Å². The van der Waals surface area contributed by atoms with E-state index in [4.69, 9.17) is 4.74 Å². The van der Waals surface area contributed by atoms with Crippen molar-refractivity contribution in [2.75, 3.05) is 7.11 Å². The Kier molecular flexibility index (Phi) is 6.02. The Morgan fingerprint density at radius 3 is 2.32 bits per heavy atom. The van der Waals surface area contributed by atoms with E-state index in [-0.39, 0.29) is 17.9 Å². The molecule has 0 heterocycles. The molecule has 5 heteroatoms. The van der Waals surface area contributed by atoms with E-state index in [1.165, 1.54) is 0 Å². The van der Waals surface area contributed by atoms with E-state index in [1.54, 1.807) is 7.11 Å². The molecule has 1 aliphatic rings. The normalized spacial score (nSPS) is 14.4. The fraction of sp³-hybridized carbons (Fsp3) is 0.391. The van der Waals surface area contributed by atoms with Crippen LogP contribution < -0.4 is 10.1 Å². The molecule has 28 heavy (non-hydrogen) atoms. The van der Waals surface area contributed by atoms with Gasteiger partial charge in [-0.25, -0.2) is 0 Å². The zero-order valence-electron chi connectivity index (χ0n) is 16.8. The Bertz CT molecular complexity index is 829. The summed E-state index contributed by atoms with van der Waals surface area (Å²) in [4.78, 5) is 28.0. The number of carbonyl (C=O) groups excluding carboxylic acids is 2. The molecule has 0 aliphatic heterocycles. The average Bonchev–Trinajstić information content (AvgIpc) is 3.52. The van der Waals surface area contributed by atoms with Gasteiger partial charge in [-0.05, 0) is 38.3 Å². The van der Waals surface area contributed by atoms with Crippen molar-refractivity contribution in [2.45, 2.75) is 45.8 Å². The van der Waals surface area contributed by atoms with Crippen LogP contribution in [0.25, 0.3) is 0 Å². The van der Waals surface area contributed by atoms with Gasteiger partial charge in [0.05, 0.1) is 7.11 Å².